The normalized spacial score (nSPS) is 14.9. The number of hydroxylamine groups is 3. The third-order valence-corrected chi connectivity index (χ3v) is 28.2. The summed E-state index contributed by atoms with van der Waals surface area (Å²) >= 11 is 13.3. The van der Waals surface area contributed by atoms with Gasteiger partial charge in [0.1, 0.15) is 47.2 Å². The molecule has 0 aliphatic heterocycles. The van der Waals surface area contributed by atoms with Gasteiger partial charge in [0.25, 0.3) is 17.8 Å². The van der Waals surface area contributed by atoms with Crippen molar-refractivity contribution in [3.05, 3.63) is 267 Å². The minimum absolute atomic E-state index is 0.0575. The molecule has 130 heavy (non-hydrogen) atoms. The molecule has 18 rings (SSSR count). The Hall–Kier alpha value is -12.5. The summed E-state index contributed by atoms with van der Waals surface area (Å²) in [6.07, 6.45) is 19.8. The molecule has 4 aliphatic rings. The van der Waals surface area contributed by atoms with Gasteiger partial charge < -0.3 is 31.3 Å². The number of anilines is 5. The van der Waals surface area contributed by atoms with Crippen molar-refractivity contribution in [2.24, 2.45) is 15.0 Å². The maximum atomic E-state index is 12.9. The van der Waals surface area contributed by atoms with Gasteiger partial charge in [-0.05, 0) is 209 Å². The lowest BCUT2D eigenvalue weighted by Gasteiger charge is -2.16. The van der Waals surface area contributed by atoms with Crippen molar-refractivity contribution in [2.45, 2.75) is 167 Å². The number of benzene rings is 9. The summed E-state index contributed by atoms with van der Waals surface area (Å²) in [5.41, 5.74) is 12.9. The molecule has 11 N–H and O–H groups in total. The number of halogens is 2. The Morgan fingerprint density at radius 3 is 1.25 bits per heavy atom. The molecule has 4 aliphatic carbocycles. The molecule has 5 heterocycles. The number of amidine groups is 3. The average molecular weight is 1870 g/mol. The van der Waals surface area contributed by atoms with Crippen molar-refractivity contribution < 1.29 is 45.6 Å². The molecule has 0 atom stereocenters. The molecule has 4 fully saturated rings. The second kappa shape index (κ2) is 43.3. The van der Waals surface area contributed by atoms with Crippen LogP contribution < -0.4 is 47.8 Å². The largest absolute Gasteiger partial charge is 0.487 e. The molecule has 0 unspecified atom stereocenters. The van der Waals surface area contributed by atoms with Gasteiger partial charge in [-0.2, -0.15) is 34.9 Å². The summed E-state index contributed by atoms with van der Waals surface area (Å²) in [6.45, 7) is 2.90. The molecule has 0 radical (unpaired) electrons. The molecular formula is C94H98Cl2N20O10S4. The van der Waals surface area contributed by atoms with Crippen LogP contribution in [-0.4, -0.2) is 139 Å². The first-order chi connectivity index (χ1) is 63.0. The highest BCUT2D eigenvalue weighted by Crippen LogP contribution is 2.35. The van der Waals surface area contributed by atoms with Gasteiger partial charge in [0.05, 0.1) is 53.2 Å². The van der Waals surface area contributed by atoms with Crippen molar-refractivity contribution in [3.8, 4) is 5.75 Å². The fraction of sp³-hybridized carbons (Fsp3) is 0.277. The van der Waals surface area contributed by atoms with Gasteiger partial charge in [-0.3, -0.25) is 32.1 Å². The Morgan fingerprint density at radius 1 is 0.423 bits per heavy atom. The van der Waals surface area contributed by atoms with Gasteiger partial charge in [0, 0.05) is 85.1 Å². The van der Waals surface area contributed by atoms with E-state index in [9.17, 15) is 40.9 Å². The maximum Gasteiger partial charge on any atom is 0.253 e. The fourth-order valence-corrected chi connectivity index (χ4v) is 19.8. The van der Waals surface area contributed by atoms with Gasteiger partial charge in [0.15, 0.2) is 41.2 Å². The van der Waals surface area contributed by atoms with Crippen molar-refractivity contribution in [1.29, 1.82) is 0 Å². The van der Waals surface area contributed by atoms with E-state index in [1.807, 2.05) is 151 Å². The van der Waals surface area contributed by atoms with E-state index < -0.39 is 35.3 Å². The third-order valence-electron chi connectivity index (χ3n) is 22.4. The zero-order valence-electron chi connectivity index (χ0n) is 71.3. The fourth-order valence-electron chi connectivity index (χ4n) is 15.7. The van der Waals surface area contributed by atoms with Crippen molar-refractivity contribution in [3.63, 3.8) is 0 Å². The molecule has 30 nitrogen and oxygen atoms in total. The van der Waals surface area contributed by atoms with Crippen LogP contribution >= 0.6 is 34.5 Å². The number of aryl methyl sites for hydroxylation is 1. The number of para-hydroxylation sites is 4. The van der Waals surface area contributed by atoms with Crippen LogP contribution in [0, 0.1) is 6.92 Å². The van der Waals surface area contributed by atoms with E-state index in [4.69, 9.17) is 32.9 Å². The Balaban J connectivity index is 0.000000134. The first-order valence-electron chi connectivity index (χ1n) is 42.8. The van der Waals surface area contributed by atoms with Crippen LogP contribution in [0.5, 0.6) is 5.75 Å². The molecule has 0 saturated heterocycles. The van der Waals surface area contributed by atoms with Crippen LogP contribution in [0.15, 0.2) is 253 Å². The number of aliphatic imine (C=N–C) groups is 3. The van der Waals surface area contributed by atoms with Crippen LogP contribution in [0.1, 0.15) is 136 Å². The number of rotatable bonds is 26. The molecule has 0 amide bonds. The third kappa shape index (κ3) is 24.9. The maximum absolute atomic E-state index is 12.9. The number of thiazole rings is 1. The minimum Gasteiger partial charge on any atom is -0.487 e. The second-order valence-corrected chi connectivity index (χ2v) is 39.9. The topological polar surface area (TPSA) is 422 Å². The van der Waals surface area contributed by atoms with E-state index in [1.54, 1.807) is 59.9 Å². The molecule has 672 valence electrons. The molecule has 5 aromatic heterocycles. The predicted molar refractivity (Wildman–Crippen MR) is 513 cm³/mol. The number of ether oxygens (including phenoxy) is 1. The molecule has 14 aromatic rings. The Morgan fingerprint density at radius 2 is 0.831 bits per heavy atom. The standard InChI is InChI=1S/C27H26ClN5O3S.C25H26N6O2S.C21H22ClN5O3S.C21H24N4O2S/c28-20-12-14-22(15-13-20)37(35,36)17-18-6-5-7-19(16-18)25(33-34)31-27-30-24-11-4-3-10-23(24)26(32-27)29-21-8-1-2-9-21;1-16-26-19(15-34-16)14-33-20-12-10-17(11-13-20)23(31-32)29-25-28-22-9-5-4-8-21(22)24(30-25)27-18-6-2-3-7-18;22-14-9-11-16(12-10-14)31(29,30)13-19(27-28)25-21-24-18-8-4-3-7-17(18)20(26-21)23-15-5-1-2-6-15;1-28(26,27)17-12-10-15(11-13-17)14-22-21-24-19-9-5-4-8-18(19)20(25-21)23-16-6-2-3-7-16/h3-7,10-16,21,34H,1-2,8-9,17H2,(H2,29,30,31,32,33);4-5,8-13,15,18,32H,2-3,6-7,14H2,1H3,(H2,27,28,29,30,31);3-4,7-12,15,28H,1-2,5-6,13H2,(H2,23,24,25,26,27);4-5,8-13,16H,2-3,6-7,14H2,1H3,(H2,22,23,24,25). The summed E-state index contributed by atoms with van der Waals surface area (Å²) < 4.78 is 80.1. The minimum atomic E-state index is -3.76. The van der Waals surface area contributed by atoms with Crippen LogP contribution in [0.3, 0.4) is 0 Å². The zero-order valence-corrected chi connectivity index (χ0v) is 76.0. The van der Waals surface area contributed by atoms with Gasteiger partial charge in [-0.15, -0.1) is 11.3 Å². The zero-order chi connectivity index (χ0) is 90.6. The highest BCUT2D eigenvalue weighted by atomic mass is 35.5. The van der Waals surface area contributed by atoms with E-state index in [0.717, 1.165) is 105 Å². The summed E-state index contributed by atoms with van der Waals surface area (Å²) in [4.78, 5) is 54.8. The first-order valence-corrected chi connectivity index (χ1v) is 49.7. The number of hydrogen-bond acceptors (Lipinski definition) is 28. The molecule has 0 spiro atoms. The molecule has 9 aromatic carbocycles. The quantitative estimate of drug-likeness (QED) is 0.0136. The summed E-state index contributed by atoms with van der Waals surface area (Å²) in [5.74, 6) is 4.17. The average Bonchev–Trinajstić information content (AvgIpc) is 0.971. The number of nitrogens with zero attached hydrogens (tertiary/aromatic N) is 12. The molecular weight excluding hydrogens is 1770 g/mol. The number of aromatic nitrogens is 9. The highest BCUT2D eigenvalue weighted by molar-refractivity contribution is 7.92. The smallest absolute Gasteiger partial charge is 0.253 e. The number of fused-ring (bicyclic) bond motifs is 4. The summed E-state index contributed by atoms with van der Waals surface area (Å²) in [6, 6.07) is 65.5. The van der Waals surface area contributed by atoms with Crippen LogP contribution in [0.4, 0.5) is 47.1 Å². The summed E-state index contributed by atoms with van der Waals surface area (Å²) in [5, 5.41) is 54.3. The van der Waals surface area contributed by atoms with E-state index in [1.165, 1.54) is 107 Å². The Bertz CT molecular complexity index is 6750. The lowest BCUT2D eigenvalue weighted by atomic mass is 10.1. The van der Waals surface area contributed by atoms with Crippen LogP contribution in [0.25, 0.3) is 43.6 Å². The van der Waals surface area contributed by atoms with E-state index in [-0.39, 0.29) is 50.9 Å². The number of nitrogens with one attached hydrogen (secondary N) is 8. The number of hydrogen-bond donors (Lipinski definition) is 11. The SMILES string of the molecule is CS(=O)(=O)c1ccc(CNc2nc(NC3CCCC3)c3ccccc3n2)cc1.Cc1nc(COc2ccc(C(=Nc3nc(NC4CCCC4)c4ccccc4n3)NO)cc2)cs1.O=S(=O)(CC(=Nc1nc(NC2CCCC2)c2ccccc2n1)NO)c1ccc(Cl)cc1.O=S(=O)(Cc1cccc(C(=Nc2nc(NC3CCCC3)c3ccccc3n2)NO)c1)c1ccc(Cl)cc1. The van der Waals surface area contributed by atoms with Crippen LogP contribution in [0.2, 0.25) is 10.0 Å². The lowest BCUT2D eigenvalue weighted by molar-refractivity contribution is 0.234. The Kier molecular flexibility index (Phi) is 30.7. The van der Waals surface area contributed by atoms with Crippen LogP contribution in [-0.2, 0) is 48.4 Å². The predicted octanol–water partition coefficient (Wildman–Crippen LogP) is 19.2. The van der Waals surface area contributed by atoms with Gasteiger partial charge in [-0.25, -0.2) is 50.2 Å². The van der Waals surface area contributed by atoms with E-state index in [0.29, 0.717) is 97.8 Å². The highest BCUT2D eigenvalue weighted by Gasteiger charge is 2.26. The summed E-state index contributed by atoms with van der Waals surface area (Å²) in [7, 11) is -10.5. The molecule has 0 bridgehead atoms. The van der Waals surface area contributed by atoms with Crippen molar-refractivity contribution in [2.75, 3.05) is 38.6 Å². The van der Waals surface area contributed by atoms with E-state index >= 15 is 0 Å². The van der Waals surface area contributed by atoms with Gasteiger partial charge in [-0.1, -0.05) is 153 Å². The second-order valence-electron chi connectivity index (χ2n) is 32.0. The monoisotopic (exact) mass is 1860 g/mol. The van der Waals surface area contributed by atoms with Crippen molar-refractivity contribution >= 4 is 172 Å². The Labute approximate surface area is 767 Å². The van der Waals surface area contributed by atoms with E-state index in [2.05, 4.69) is 92.4 Å². The van der Waals surface area contributed by atoms with Gasteiger partial charge >= 0.3 is 0 Å². The van der Waals surface area contributed by atoms with Gasteiger partial charge in [0.2, 0.25) is 5.95 Å². The molecule has 36 heteroatoms. The lowest BCUT2D eigenvalue weighted by Crippen LogP contribution is -2.28. The molecule has 4 saturated carbocycles. The number of sulfone groups is 3. The van der Waals surface area contributed by atoms with Crippen molar-refractivity contribution in [1.82, 2.24) is 61.3 Å². The first kappa shape index (κ1) is 92.2.